The molecule has 0 saturated carbocycles. The Kier molecular flexibility index (Phi) is 6.03. The van der Waals surface area contributed by atoms with E-state index in [2.05, 4.69) is 19.6 Å². The van der Waals surface area contributed by atoms with Crippen LogP contribution in [0.5, 0.6) is 0 Å². The summed E-state index contributed by atoms with van der Waals surface area (Å²) in [6, 6.07) is 1.16. The van der Waals surface area contributed by atoms with Crippen LogP contribution in [0.3, 0.4) is 0 Å². The number of carbonyl (C=O) groups excluding carboxylic acids is 1. The molecule has 0 aromatic carbocycles. The maximum atomic E-state index is 11.6. The van der Waals surface area contributed by atoms with Gasteiger partial charge in [0, 0.05) is 27.9 Å². The predicted molar refractivity (Wildman–Crippen MR) is 78.2 cm³/mol. The number of ether oxygens (including phenoxy) is 2. The highest BCUT2D eigenvalue weighted by molar-refractivity contribution is 6.76. The fourth-order valence-electron chi connectivity index (χ4n) is 1.68. The van der Waals surface area contributed by atoms with Gasteiger partial charge >= 0.3 is 5.97 Å². The van der Waals surface area contributed by atoms with Crippen molar-refractivity contribution < 1.29 is 14.3 Å². The lowest BCUT2D eigenvalue weighted by Crippen LogP contribution is -2.35. The van der Waals surface area contributed by atoms with Gasteiger partial charge in [-0.3, -0.25) is 0 Å². The molecular formula is C13H26N2O3Si. The number of hydrogen-bond donors (Lipinski definition) is 0. The third kappa shape index (κ3) is 5.75. The topological polar surface area (TPSA) is 42.0 Å². The number of rotatable bonds is 7. The van der Waals surface area contributed by atoms with Crippen molar-refractivity contribution in [3.63, 3.8) is 0 Å². The third-order valence-electron chi connectivity index (χ3n) is 2.92. The smallest absolute Gasteiger partial charge is 0.336 e. The highest BCUT2D eigenvalue weighted by Gasteiger charge is 2.24. The predicted octanol–water partition coefficient (Wildman–Crippen LogP) is 1.91. The van der Waals surface area contributed by atoms with Gasteiger partial charge in [0.15, 0.2) is 0 Å². The van der Waals surface area contributed by atoms with Gasteiger partial charge in [0.25, 0.3) is 0 Å². The SMILES string of the molecule is CCOC(=O)C1=CN(C)N(COCC[Si](C)(C)C)C1. The molecule has 0 aromatic rings. The van der Waals surface area contributed by atoms with Crippen LogP contribution in [-0.4, -0.2) is 57.6 Å². The molecular weight excluding hydrogens is 260 g/mol. The Bertz CT molecular complexity index is 339. The first-order valence-electron chi connectivity index (χ1n) is 6.77. The minimum atomic E-state index is -1.04. The standard InChI is InChI=1S/C13H26N2O3Si/c1-6-18-13(16)12-9-14(2)15(10-12)11-17-7-8-19(3,4)5/h9H,6-8,10-11H2,1-5H3. The average molecular weight is 286 g/mol. The largest absolute Gasteiger partial charge is 0.463 e. The zero-order valence-electron chi connectivity index (χ0n) is 12.7. The van der Waals surface area contributed by atoms with Crippen molar-refractivity contribution in [1.29, 1.82) is 0 Å². The zero-order chi connectivity index (χ0) is 14.5. The molecule has 0 aromatic heterocycles. The number of nitrogens with zero attached hydrogens (tertiary/aromatic N) is 2. The first kappa shape index (κ1) is 16.2. The van der Waals surface area contributed by atoms with Crippen LogP contribution in [0.1, 0.15) is 6.92 Å². The molecule has 1 rings (SSSR count). The minimum absolute atomic E-state index is 0.237. The van der Waals surface area contributed by atoms with Crippen LogP contribution < -0.4 is 0 Å². The lowest BCUT2D eigenvalue weighted by atomic mass is 10.3. The molecule has 0 atom stereocenters. The normalized spacial score (nSPS) is 16.7. The van der Waals surface area contributed by atoms with Crippen LogP contribution in [0.2, 0.25) is 25.7 Å². The Morgan fingerprint density at radius 3 is 2.68 bits per heavy atom. The van der Waals surface area contributed by atoms with Gasteiger partial charge in [0.05, 0.1) is 18.7 Å². The monoisotopic (exact) mass is 286 g/mol. The van der Waals surface area contributed by atoms with E-state index in [1.54, 1.807) is 6.20 Å². The summed E-state index contributed by atoms with van der Waals surface area (Å²) < 4.78 is 10.7. The van der Waals surface area contributed by atoms with E-state index in [4.69, 9.17) is 9.47 Å². The summed E-state index contributed by atoms with van der Waals surface area (Å²) >= 11 is 0. The van der Waals surface area contributed by atoms with Gasteiger partial charge in [-0.15, -0.1) is 0 Å². The van der Waals surface area contributed by atoms with E-state index in [-0.39, 0.29) is 5.97 Å². The third-order valence-corrected chi connectivity index (χ3v) is 4.62. The van der Waals surface area contributed by atoms with E-state index >= 15 is 0 Å². The van der Waals surface area contributed by atoms with Crippen LogP contribution in [0.15, 0.2) is 11.8 Å². The first-order valence-corrected chi connectivity index (χ1v) is 10.5. The first-order chi connectivity index (χ1) is 8.83. The van der Waals surface area contributed by atoms with Crippen molar-refractivity contribution >= 4 is 14.0 Å². The summed E-state index contributed by atoms with van der Waals surface area (Å²) in [6.45, 7) is 11.1. The van der Waals surface area contributed by atoms with Crippen LogP contribution >= 0.6 is 0 Å². The molecule has 0 unspecified atom stereocenters. The van der Waals surface area contributed by atoms with Gasteiger partial charge in [-0.2, -0.15) is 5.01 Å². The summed E-state index contributed by atoms with van der Waals surface area (Å²) in [6.07, 6.45) is 1.81. The maximum Gasteiger partial charge on any atom is 0.336 e. The van der Waals surface area contributed by atoms with Crippen molar-refractivity contribution in [3.8, 4) is 0 Å². The second-order valence-corrected chi connectivity index (χ2v) is 11.6. The Hall–Kier alpha value is -0.853. The fourth-order valence-corrected chi connectivity index (χ4v) is 2.44. The van der Waals surface area contributed by atoms with Crippen molar-refractivity contribution in [3.05, 3.63) is 11.8 Å². The molecule has 1 aliphatic heterocycles. The van der Waals surface area contributed by atoms with Gasteiger partial charge in [-0.05, 0) is 13.0 Å². The summed E-state index contributed by atoms with van der Waals surface area (Å²) in [5.74, 6) is -0.237. The van der Waals surface area contributed by atoms with Gasteiger partial charge in [-0.25, -0.2) is 4.79 Å². The molecule has 110 valence electrons. The fraction of sp³-hybridized carbons (Fsp3) is 0.769. The molecule has 0 bridgehead atoms. The number of hydrogen-bond acceptors (Lipinski definition) is 5. The van der Waals surface area contributed by atoms with E-state index in [0.29, 0.717) is 25.5 Å². The van der Waals surface area contributed by atoms with E-state index in [1.807, 2.05) is 24.0 Å². The Morgan fingerprint density at radius 1 is 1.42 bits per heavy atom. The van der Waals surface area contributed by atoms with Crippen molar-refractivity contribution in [2.75, 3.05) is 33.5 Å². The zero-order valence-corrected chi connectivity index (χ0v) is 13.7. The van der Waals surface area contributed by atoms with Crippen molar-refractivity contribution in [2.24, 2.45) is 0 Å². The van der Waals surface area contributed by atoms with E-state index in [0.717, 1.165) is 12.7 Å². The highest BCUT2D eigenvalue weighted by atomic mass is 28.3. The molecule has 19 heavy (non-hydrogen) atoms. The lowest BCUT2D eigenvalue weighted by Gasteiger charge is -2.25. The van der Waals surface area contributed by atoms with Crippen molar-refractivity contribution in [2.45, 2.75) is 32.6 Å². The Labute approximate surface area is 117 Å². The second-order valence-electron chi connectivity index (χ2n) is 5.96. The molecule has 5 nitrogen and oxygen atoms in total. The number of hydrazine groups is 1. The average Bonchev–Trinajstić information content (AvgIpc) is 2.66. The quantitative estimate of drug-likeness (QED) is 0.406. The molecule has 0 N–H and O–H groups in total. The van der Waals surface area contributed by atoms with Crippen LogP contribution in [0.4, 0.5) is 0 Å². The minimum Gasteiger partial charge on any atom is -0.463 e. The van der Waals surface area contributed by atoms with Crippen LogP contribution in [0.25, 0.3) is 0 Å². The summed E-state index contributed by atoms with van der Waals surface area (Å²) in [4.78, 5) is 11.6. The van der Waals surface area contributed by atoms with E-state index < -0.39 is 8.07 Å². The van der Waals surface area contributed by atoms with Gasteiger partial charge < -0.3 is 14.5 Å². The lowest BCUT2D eigenvalue weighted by molar-refractivity contribution is -0.138. The summed E-state index contributed by atoms with van der Waals surface area (Å²) in [5.41, 5.74) is 0.679. The molecule has 6 heteroatoms. The summed E-state index contributed by atoms with van der Waals surface area (Å²) in [5, 5.41) is 3.87. The van der Waals surface area contributed by atoms with Crippen molar-refractivity contribution in [1.82, 2.24) is 10.0 Å². The van der Waals surface area contributed by atoms with Gasteiger partial charge in [-0.1, -0.05) is 19.6 Å². The molecule has 0 fully saturated rings. The molecule has 0 radical (unpaired) electrons. The maximum absolute atomic E-state index is 11.6. The Balaban J connectivity index is 2.29. The van der Waals surface area contributed by atoms with E-state index in [1.165, 1.54) is 0 Å². The Morgan fingerprint density at radius 2 is 2.11 bits per heavy atom. The molecule has 0 saturated heterocycles. The highest BCUT2D eigenvalue weighted by Crippen LogP contribution is 2.15. The summed E-state index contributed by atoms with van der Waals surface area (Å²) in [7, 11) is 0.873. The number of carbonyl (C=O) groups is 1. The molecule has 1 heterocycles. The second kappa shape index (κ2) is 7.07. The van der Waals surface area contributed by atoms with Crippen LogP contribution in [-0.2, 0) is 14.3 Å². The van der Waals surface area contributed by atoms with Gasteiger partial charge in [0.2, 0.25) is 0 Å². The van der Waals surface area contributed by atoms with E-state index in [9.17, 15) is 4.79 Å². The van der Waals surface area contributed by atoms with Gasteiger partial charge in [0.1, 0.15) is 6.73 Å². The molecule has 0 aliphatic carbocycles. The number of esters is 1. The van der Waals surface area contributed by atoms with Crippen LogP contribution in [0, 0.1) is 0 Å². The molecule has 1 aliphatic rings. The molecule has 0 amide bonds. The molecule has 0 spiro atoms.